The van der Waals surface area contributed by atoms with Gasteiger partial charge in [-0.25, -0.2) is 0 Å². The summed E-state index contributed by atoms with van der Waals surface area (Å²) in [5.41, 5.74) is 0.769. The van der Waals surface area contributed by atoms with Crippen LogP contribution in [0.1, 0.15) is 47.1 Å². The largest absolute Gasteiger partial charge is 0.351 e. The van der Waals surface area contributed by atoms with Crippen molar-refractivity contribution in [3.05, 3.63) is 65.5 Å². The SMILES string of the molecule is CC(C)(C)NC(=O)[C@@H]1CN(C(=O)c2ccncc2)C[C@]12Cc1ccccc1C(=O)N2. The lowest BCUT2D eigenvalue weighted by Gasteiger charge is -2.39. The number of pyridine rings is 1. The summed E-state index contributed by atoms with van der Waals surface area (Å²) in [6.07, 6.45) is 3.64. The van der Waals surface area contributed by atoms with Crippen LogP contribution in [0.25, 0.3) is 0 Å². The molecule has 1 fully saturated rings. The van der Waals surface area contributed by atoms with Crippen LogP contribution in [0.2, 0.25) is 0 Å². The predicted molar refractivity (Wildman–Crippen MR) is 112 cm³/mol. The molecule has 0 saturated carbocycles. The van der Waals surface area contributed by atoms with Gasteiger partial charge in [0, 0.05) is 42.1 Å². The van der Waals surface area contributed by atoms with Crippen molar-refractivity contribution in [3.8, 4) is 0 Å². The third-order valence-corrected chi connectivity index (χ3v) is 5.70. The smallest absolute Gasteiger partial charge is 0.254 e. The van der Waals surface area contributed by atoms with Crippen LogP contribution in [0, 0.1) is 5.92 Å². The summed E-state index contributed by atoms with van der Waals surface area (Å²) in [6.45, 7) is 6.27. The standard InChI is InChI=1S/C23H26N4O3/c1-22(2,3)25-20(29)18-13-27(21(30)15-8-10-24-11-9-15)14-23(18)12-16-6-4-5-7-17(16)19(28)26-23/h4-11,18H,12-14H2,1-3H3,(H,25,29)(H,26,28)/t18-,23+/m0/s1. The van der Waals surface area contributed by atoms with Crippen LogP contribution in [-0.4, -0.2) is 51.8 Å². The number of likely N-dealkylation sites (tertiary alicyclic amines) is 1. The Morgan fingerprint density at radius 2 is 1.87 bits per heavy atom. The van der Waals surface area contributed by atoms with Gasteiger partial charge in [-0.15, -0.1) is 0 Å². The predicted octanol–water partition coefficient (Wildman–Crippen LogP) is 1.79. The van der Waals surface area contributed by atoms with E-state index in [2.05, 4.69) is 15.6 Å². The van der Waals surface area contributed by atoms with E-state index >= 15 is 0 Å². The number of nitrogens with one attached hydrogen (secondary N) is 2. The second kappa shape index (κ2) is 7.23. The average molecular weight is 406 g/mol. The Balaban J connectivity index is 1.70. The molecule has 7 heteroatoms. The van der Waals surface area contributed by atoms with Gasteiger partial charge in [-0.3, -0.25) is 19.4 Å². The van der Waals surface area contributed by atoms with E-state index in [1.165, 1.54) is 0 Å². The van der Waals surface area contributed by atoms with Crippen molar-refractivity contribution >= 4 is 17.7 Å². The lowest BCUT2D eigenvalue weighted by atomic mass is 9.76. The minimum atomic E-state index is -0.844. The van der Waals surface area contributed by atoms with Crippen LogP contribution < -0.4 is 10.6 Å². The van der Waals surface area contributed by atoms with Crippen molar-refractivity contribution in [1.29, 1.82) is 0 Å². The summed E-state index contributed by atoms with van der Waals surface area (Å²) >= 11 is 0. The molecule has 4 rings (SSSR count). The second-order valence-corrected chi connectivity index (χ2v) is 9.16. The first-order valence-electron chi connectivity index (χ1n) is 10.1. The molecule has 2 aliphatic rings. The van der Waals surface area contributed by atoms with Crippen molar-refractivity contribution < 1.29 is 14.4 Å². The van der Waals surface area contributed by atoms with Crippen molar-refractivity contribution in [2.24, 2.45) is 5.92 Å². The molecule has 0 unspecified atom stereocenters. The molecule has 7 nitrogen and oxygen atoms in total. The Hall–Kier alpha value is -3.22. The fourth-order valence-corrected chi connectivity index (χ4v) is 4.41. The minimum Gasteiger partial charge on any atom is -0.351 e. The molecule has 30 heavy (non-hydrogen) atoms. The topological polar surface area (TPSA) is 91.4 Å². The summed E-state index contributed by atoms with van der Waals surface area (Å²) in [5.74, 6) is -1.09. The Morgan fingerprint density at radius 1 is 1.17 bits per heavy atom. The molecule has 1 spiro atoms. The highest BCUT2D eigenvalue weighted by Crippen LogP contribution is 2.36. The van der Waals surface area contributed by atoms with Crippen LogP contribution in [-0.2, 0) is 11.2 Å². The summed E-state index contributed by atoms with van der Waals surface area (Å²) in [6, 6.07) is 10.7. The molecular weight excluding hydrogens is 380 g/mol. The van der Waals surface area contributed by atoms with Gasteiger partial charge >= 0.3 is 0 Å². The van der Waals surface area contributed by atoms with Crippen molar-refractivity contribution in [2.75, 3.05) is 13.1 Å². The van der Waals surface area contributed by atoms with E-state index in [0.717, 1.165) is 5.56 Å². The molecule has 3 amide bonds. The number of benzene rings is 1. The fraction of sp³-hybridized carbons (Fsp3) is 0.391. The minimum absolute atomic E-state index is 0.160. The molecule has 1 aromatic carbocycles. The van der Waals surface area contributed by atoms with Gasteiger partial charge < -0.3 is 15.5 Å². The van der Waals surface area contributed by atoms with Crippen LogP contribution in [0.3, 0.4) is 0 Å². The molecule has 2 atom stereocenters. The average Bonchev–Trinajstić information content (AvgIpc) is 3.05. The van der Waals surface area contributed by atoms with E-state index < -0.39 is 17.0 Å². The maximum Gasteiger partial charge on any atom is 0.254 e. The van der Waals surface area contributed by atoms with Crippen molar-refractivity contribution in [2.45, 2.75) is 38.3 Å². The molecule has 2 aliphatic heterocycles. The highest BCUT2D eigenvalue weighted by Gasteiger charge is 2.54. The van der Waals surface area contributed by atoms with Gasteiger partial charge in [-0.05, 0) is 51.0 Å². The van der Waals surface area contributed by atoms with Gasteiger partial charge in [0.15, 0.2) is 0 Å². The summed E-state index contributed by atoms with van der Waals surface area (Å²) in [5, 5.41) is 6.13. The molecule has 0 bridgehead atoms. The van der Waals surface area contributed by atoms with Crippen molar-refractivity contribution in [3.63, 3.8) is 0 Å². The number of nitrogens with zero attached hydrogens (tertiary/aromatic N) is 2. The molecule has 1 saturated heterocycles. The number of carbonyl (C=O) groups excluding carboxylic acids is 3. The molecular formula is C23H26N4O3. The summed E-state index contributed by atoms with van der Waals surface area (Å²) < 4.78 is 0. The lowest BCUT2D eigenvalue weighted by Crippen LogP contribution is -2.62. The number of aromatic nitrogens is 1. The van der Waals surface area contributed by atoms with Gasteiger partial charge in [0.05, 0.1) is 11.5 Å². The van der Waals surface area contributed by atoms with Gasteiger partial charge in [0.25, 0.3) is 11.8 Å². The first-order valence-corrected chi connectivity index (χ1v) is 10.1. The molecule has 1 aromatic heterocycles. The summed E-state index contributed by atoms with van der Waals surface area (Å²) in [7, 11) is 0. The third kappa shape index (κ3) is 3.67. The number of fused-ring (bicyclic) bond motifs is 1. The number of hydrogen-bond acceptors (Lipinski definition) is 4. The molecule has 0 radical (unpaired) electrons. The van der Waals surface area contributed by atoms with Gasteiger partial charge in [0.1, 0.15) is 0 Å². The third-order valence-electron chi connectivity index (χ3n) is 5.70. The Labute approximate surface area is 175 Å². The molecule has 2 N–H and O–H groups in total. The fourth-order valence-electron chi connectivity index (χ4n) is 4.41. The number of carbonyl (C=O) groups is 3. The van der Waals surface area contributed by atoms with Gasteiger partial charge in [-0.1, -0.05) is 18.2 Å². The van der Waals surface area contributed by atoms with E-state index in [1.807, 2.05) is 39.0 Å². The van der Waals surface area contributed by atoms with E-state index in [9.17, 15) is 14.4 Å². The molecule has 156 valence electrons. The van der Waals surface area contributed by atoms with Crippen molar-refractivity contribution in [1.82, 2.24) is 20.5 Å². The summed E-state index contributed by atoms with van der Waals surface area (Å²) in [4.78, 5) is 44.9. The lowest BCUT2D eigenvalue weighted by molar-refractivity contribution is -0.127. The molecule has 3 heterocycles. The maximum atomic E-state index is 13.2. The maximum absolute atomic E-state index is 13.2. The zero-order valence-electron chi connectivity index (χ0n) is 17.4. The van der Waals surface area contributed by atoms with E-state index in [-0.39, 0.29) is 30.8 Å². The van der Waals surface area contributed by atoms with Crippen LogP contribution in [0.5, 0.6) is 0 Å². The van der Waals surface area contributed by atoms with Gasteiger partial charge in [-0.2, -0.15) is 0 Å². The van der Waals surface area contributed by atoms with E-state index in [4.69, 9.17) is 0 Å². The molecule has 0 aliphatic carbocycles. The second-order valence-electron chi connectivity index (χ2n) is 9.16. The highest BCUT2D eigenvalue weighted by molar-refractivity contribution is 5.99. The Kier molecular flexibility index (Phi) is 4.84. The Bertz CT molecular complexity index is 999. The number of amides is 3. The van der Waals surface area contributed by atoms with Crippen LogP contribution >= 0.6 is 0 Å². The van der Waals surface area contributed by atoms with E-state index in [0.29, 0.717) is 17.5 Å². The quantitative estimate of drug-likeness (QED) is 0.796. The monoisotopic (exact) mass is 406 g/mol. The van der Waals surface area contributed by atoms with E-state index in [1.54, 1.807) is 35.5 Å². The zero-order valence-corrected chi connectivity index (χ0v) is 17.4. The van der Waals surface area contributed by atoms with Crippen LogP contribution in [0.4, 0.5) is 0 Å². The first kappa shape index (κ1) is 20.1. The molecule has 2 aromatic rings. The first-order chi connectivity index (χ1) is 14.2. The van der Waals surface area contributed by atoms with Gasteiger partial charge in [0.2, 0.25) is 5.91 Å². The highest BCUT2D eigenvalue weighted by atomic mass is 16.2. The zero-order chi connectivity index (χ0) is 21.5. The Morgan fingerprint density at radius 3 is 2.57 bits per heavy atom. The van der Waals surface area contributed by atoms with Crippen LogP contribution in [0.15, 0.2) is 48.8 Å². The number of hydrogen-bond donors (Lipinski definition) is 2. The number of rotatable bonds is 2. The normalized spacial score (nSPS) is 23.1.